The van der Waals surface area contributed by atoms with Crippen molar-refractivity contribution in [3.63, 3.8) is 0 Å². The molecule has 1 aromatic rings. The summed E-state index contributed by atoms with van der Waals surface area (Å²) in [6, 6.07) is 7.46. The number of halogens is 1. The van der Waals surface area contributed by atoms with Crippen LogP contribution >= 0.6 is 7.82 Å². The van der Waals surface area contributed by atoms with Crippen molar-refractivity contribution < 1.29 is 42.1 Å². The number of phosphoric acid groups is 1. The van der Waals surface area contributed by atoms with Gasteiger partial charge in [0.2, 0.25) is 0 Å². The Labute approximate surface area is 131 Å². The fourth-order valence-electron chi connectivity index (χ4n) is 1.59. The Morgan fingerprint density at radius 1 is 1.21 bits per heavy atom. The Kier molecular flexibility index (Phi) is 5.82. The molecule has 2 rings (SSSR count). The van der Waals surface area contributed by atoms with Crippen LogP contribution in [0.25, 0.3) is 0 Å². The van der Waals surface area contributed by atoms with Gasteiger partial charge in [0.05, 0.1) is 34.4 Å². The molecule has 108 valence electrons. The third-order valence-electron chi connectivity index (χ3n) is 2.60. The lowest BCUT2D eigenvalue weighted by Crippen LogP contribution is -3.00. The Morgan fingerprint density at radius 2 is 1.84 bits per heavy atom. The van der Waals surface area contributed by atoms with Gasteiger partial charge in [-0.25, -0.2) is 4.57 Å². The fraction of sp³-hybridized carbons (Fsp3) is 0.500. The number of quaternary nitrogens is 1. The Bertz CT molecular complexity index is 465. The van der Waals surface area contributed by atoms with Crippen LogP contribution in [0, 0.1) is 0 Å². The van der Waals surface area contributed by atoms with E-state index in [0.29, 0.717) is 23.4 Å². The van der Waals surface area contributed by atoms with E-state index in [1.54, 1.807) is 6.07 Å². The van der Waals surface area contributed by atoms with E-state index in [-0.39, 0.29) is 24.0 Å². The highest BCUT2D eigenvalue weighted by molar-refractivity contribution is 7.49. The highest BCUT2D eigenvalue weighted by Crippen LogP contribution is 2.51. The van der Waals surface area contributed by atoms with E-state index in [2.05, 4.69) is 21.1 Å². The van der Waals surface area contributed by atoms with E-state index >= 15 is 0 Å². The van der Waals surface area contributed by atoms with Gasteiger partial charge in [-0.1, -0.05) is 6.07 Å². The number of hydrogen-bond acceptors (Lipinski definition) is 4. The van der Waals surface area contributed by atoms with Gasteiger partial charge in [0.1, 0.15) is 11.4 Å². The molecule has 7 heteroatoms. The van der Waals surface area contributed by atoms with Gasteiger partial charge in [0.25, 0.3) is 0 Å². The molecule has 0 aliphatic carbocycles. The molecule has 1 saturated heterocycles. The molecule has 1 aliphatic rings. The molecule has 0 saturated carbocycles. The van der Waals surface area contributed by atoms with E-state index in [9.17, 15) is 4.57 Å². The molecular weight excluding hydrogens is 380 g/mol. The predicted molar refractivity (Wildman–Crippen MR) is 70.8 cm³/mol. The lowest BCUT2D eigenvalue weighted by molar-refractivity contribution is -0.0000140. The highest BCUT2D eigenvalue weighted by atomic mass is 127. The summed E-state index contributed by atoms with van der Waals surface area (Å²) in [5, 5.41) is 0. The molecule has 1 aliphatic heterocycles. The van der Waals surface area contributed by atoms with E-state index in [1.165, 1.54) is 0 Å². The minimum absolute atomic E-state index is 0. The Hall–Kier alpha value is -0.140. The molecule has 0 amide bonds. The maximum Gasteiger partial charge on any atom is 0.530 e. The normalized spacial score (nSPS) is 18.5. The van der Waals surface area contributed by atoms with Crippen LogP contribution in [-0.2, 0) is 13.6 Å². The number of benzene rings is 1. The summed E-state index contributed by atoms with van der Waals surface area (Å²) in [5.74, 6) is 0.505. The van der Waals surface area contributed by atoms with Crippen molar-refractivity contribution in [2.45, 2.75) is 6.42 Å². The van der Waals surface area contributed by atoms with E-state index < -0.39 is 7.82 Å². The lowest BCUT2D eigenvalue weighted by Gasteiger charge is -2.25. The smallest absolute Gasteiger partial charge is 0.530 e. The first-order valence-electron chi connectivity index (χ1n) is 5.90. The number of phosphoric ester groups is 1. The molecule has 1 fully saturated rings. The summed E-state index contributed by atoms with van der Waals surface area (Å²) >= 11 is 0. The average molecular weight is 399 g/mol. The Morgan fingerprint density at radius 3 is 2.42 bits per heavy atom. The number of rotatable bonds is 3. The summed E-state index contributed by atoms with van der Waals surface area (Å²) in [6.07, 6.45) is 0.742. The van der Waals surface area contributed by atoms with Gasteiger partial charge in [0, 0.05) is 6.07 Å². The van der Waals surface area contributed by atoms with Gasteiger partial charge in [-0.15, -0.1) is 0 Å². The van der Waals surface area contributed by atoms with Gasteiger partial charge in [0.15, 0.2) is 0 Å². The van der Waals surface area contributed by atoms with Crippen LogP contribution in [0.4, 0.5) is 5.69 Å². The SMILES string of the molecule is C[N+](C)(C)c1cccc(OP2(=O)OCCCO2)c1.[I-]. The van der Waals surface area contributed by atoms with Crippen molar-refractivity contribution in [2.24, 2.45) is 0 Å². The van der Waals surface area contributed by atoms with Gasteiger partial charge < -0.3 is 28.5 Å². The third kappa shape index (κ3) is 4.72. The largest absolute Gasteiger partial charge is 1.00 e. The van der Waals surface area contributed by atoms with E-state index in [0.717, 1.165) is 12.1 Å². The maximum atomic E-state index is 12.1. The quantitative estimate of drug-likeness (QED) is 0.402. The average Bonchev–Trinajstić information content (AvgIpc) is 2.28. The lowest BCUT2D eigenvalue weighted by atomic mass is 10.2. The summed E-state index contributed by atoms with van der Waals surface area (Å²) in [4.78, 5) is 0. The minimum atomic E-state index is -3.41. The highest BCUT2D eigenvalue weighted by Gasteiger charge is 2.31. The summed E-state index contributed by atoms with van der Waals surface area (Å²) < 4.78 is 28.3. The van der Waals surface area contributed by atoms with Crippen LogP contribution in [0.1, 0.15) is 6.42 Å². The van der Waals surface area contributed by atoms with Crippen LogP contribution in [0.15, 0.2) is 24.3 Å². The number of hydrogen-bond donors (Lipinski definition) is 0. The molecule has 0 bridgehead atoms. The maximum absolute atomic E-state index is 12.1. The zero-order valence-electron chi connectivity index (χ0n) is 11.3. The summed E-state index contributed by atoms with van der Waals surface area (Å²) in [6.45, 7) is 0.818. The second-order valence-electron chi connectivity index (χ2n) is 5.07. The van der Waals surface area contributed by atoms with Crippen molar-refractivity contribution in [3.05, 3.63) is 24.3 Å². The first-order valence-corrected chi connectivity index (χ1v) is 7.36. The minimum Gasteiger partial charge on any atom is -1.00 e. The van der Waals surface area contributed by atoms with Crippen LogP contribution in [0.2, 0.25) is 0 Å². The standard InChI is InChI=1S/C12H19NO4P.HI/c1-13(2,3)11-6-4-7-12(10-11)17-18(14)15-8-5-9-16-18;/h4,6-7,10H,5,8-9H2,1-3H3;1H/q+1;/p-1. The second-order valence-corrected chi connectivity index (χ2v) is 6.66. The zero-order valence-corrected chi connectivity index (χ0v) is 14.4. The molecule has 0 radical (unpaired) electrons. The van der Waals surface area contributed by atoms with Crippen LogP contribution in [0.5, 0.6) is 5.75 Å². The molecule has 0 N–H and O–H groups in total. The molecular formula is C12H19INO4P. The number of nitrogens with zero attached hydrogens (tertiary/aromatic N) is 1. The predicted octanol–water partition coefficient (Wildman–Crippen LogP) is -0.189. The van der Waals surface area contributed by atoms with Crippen molar-refractivity contribution in [2.75, 3.05) is 34.4 Å². The molecule has 5 nitrogen and oxygen atoms in total. The van der Waals surface area contributed by atoms with Gasteiger partial charge >= 0.3 is 7.82 Å². The molecule has 1 aromatic carbocycles. The fourth-order valence-corrected chi connectivity index (χ4v) is 2.85. The van der Waals surface area contributed by atoms with Crippen molar-refractivity contribution in [1.29, 1.82) is 0 Å². The molecule has 0 atom stereocenters. The first kappa shape index (κ1) is 16.9. The van der Waals surface area contributed by atoms with Crippen LogP contribution in [-0.4, -0.2) is 34.4 Å². The third-order valence-corrected chi connectivity index (χ3v) is 4.03. The summed E-state index contributed by atoms with van der Waals surface area (Å²) in [5.41, 5.74) is 1.05. The van der Waals surface area contributed by atoms with Crippen molar-refractivity contribution >= 4 is 13.5 Å². The van der Waals surface area contributed by atoms with Crippen LogP contribution in [0.3, 0.4) is 0 Å². The molecule has 1 heterocycles. The molecule has 0 unspecified atom stereocenters. The zero-order chi connectivity index (χ0) is 13.2. The van der Waals surface area contributed by atoms with Gasteiger partial charge in [-0.2, -0.15) is 0 Å². The Balaban J connectivity index is 0.00000180. The second kappa shape index (κ2) is 6.54. The van der Waals surface area contributed by atoms with Crippen LogP contribution < -0.4 is 33.0 Å². The van der Waals surface area contributed by atoms with E-state index in [4.69, 9.17) is 13.6 Å². The van der Waals surface area contributed by atoms with Crippen molar-refractivity contribution in [3.8, 4) is 5.75 Å². The molecule has 0 spiro atoms. The van der Waals surface area contributed by atoms with Crippen molar-refractivity contribution in [1.82, 2.24) is 4.48 Å². The monoisotopic (exact) mass is 399 g/mol. The molecule has 19 heavy (non-hydrogen) atoms. The summed E-state index contributed by atoms with van der Waals surface area (Å²) in [7, 11) is 2.74. The van der Waals surface area contributed by atoms with Gasteiger partial charge in [-0.05, 0) is 18.6 Å². The first-order chi connectivity index (χ1) is 8.39. The van der Waals surface area contributed by atoms with Gasteiger partial charge in [-0.3, -0.25) is 13.5 Å². The topological polar surface area (TPSA) is 44.8 Å². The molecule has 0 aromatic heterocycles. The van der Waals surface area contributed by atoms with E-state index in [1.807, 2.05) is 18.2 Å².